The van der Waals surface area contributed by atoms with Gasteiger partial charge in [0, 0.05) is 11.6 Å². The summed E-state index contributed by atoms with van der Waals surface area (Å²) in [5, 5.41) is 0. The van der Waals surface area contributed by atoms with Crippen molar-refractivity contribution in [1.29, 1.82) is 0 Å². The first-order valence-electron chi connectivity index (χ1n) is 7.37. The van der Waals surface area contributed by atoms with Gasteiger partial charge in [-0.3, -0.25) is 0 Å². The largest absolute Gasteiger partial charge is 0.319 e. The van der Waals surface area contributed by atoms with Gasteiger partial charge in [-0.25, -0.2) is 0 Å². The minimum Gasteiger partial charge on any atom is -0.319 e. The highest BCUT2D eigenvalue weighted by atomic mass is 28.3. The van der Waals surface area contributed by atoms with Gasteiger partial charge in [0.05, 0.1) is 0 Å². The third kappa shape index (κ3) is 2.89. The van der Waals surface area contributed by atoms with E-state index in [0.29, 0.717) is 5.54 Å². The number of hydrogen-bond acceptors (Lipinski definition) is 1. The van der Waals surface area contributed by atoms with E-state index in [1.54, 1.807) is 12.1 Å². The molecule has 94 valence electrons. The lowest BCUT2D eigenvalue weighted by Gasteiger charge is -2.47. The van der Waals surface area contributed by atoms with E-state index in [-0.39, 0.29) is 0 Å². The summed E-state index contributed by atoms with van der Waals surface area (Å²) < 4.78 is 3.03. The van der Waals surface area contributed by atoms with Crippen molar-refractivity contribution in [3.63, 3.8) is 0 Å². The van der Waals surface area contributed by atoms with Crippen molar-refractivity contribution in [3.8, 4) is 0 Å². The lowest BCUT2D eigenvalue weighted by Crippen LogP contribution is -2.55. The van der Waals surface area contributed by atoms with Gasteiger partial charge in [-0.1, -0.05) is 32.1 Å². The molecular weight excluding hydrogens is 210 g/mol. The second-order valence-corrected chi connectivity index (χ2v) is 9.83. The van der Waals surface area contributed by atoms with Crippen LogP contribution < -0.4 is 0 Å². The van der Waals surface area contributed by atoms with Gasteiger partial charge in [0.15, 0.2) is 0 Å². The Morgan fingerprint density at radius 3 is 1.94 bits per heavy atom. The molecule has 0 spiro atoms. The van der Waals surface area contributed by atoms with Gasteiger partial charge in [0.1, 0.15) is 8.96 Å². The van der Waals surface area contributed by atoms with Crippen LogP contribution in [-0.2, 0) is 0 Å². The van der Waals surface area contributed by atoms with E-state index in [0.717, 1.165) is 6.04 Å². The van der Waals surface area contributed by atoms with Crippen LogP contribution in [0.3, 0.4) is 0 Å². The SMILES string of the molecule is CC(C)(C)N(C1CCCCC1)[SiH]1CCCC1. The van der Waals surface area contributed by atoms with Gasteiger partial charge in [-0.05, 0) is 45.7 Å². The van der Waals surface area contributed by atoms with Gasteiger partial charge in [0.25, 0.3) is 0 Å². The zero-order valence-corrected chi connectivity index (χ0v) is 12.6. The molecule has 16 heavy (non-hydrogen) atoms. The third-order valence-electron chi connectivity index (χ3n) is 4.46. The lowest BCUT2D eigenvalue weighted by atomic mass is 9.93. The summed E-state index contributed by atoms with van der Waals surface area (Å²) in [7, 11) is -0.561. The van der Waals surface area contributed by atoms with E-state index < -0.39 is 8.96 Å². The van der Waals surface area contributed by atoms with E-state index in [2.05, 4.69) is 25.3 Å². The summed E-state index contributed by atoms with van der Waals surface area (Å²) in [5.41, 5.74) is 0.434. The minimum absolute atomic E-state index is 0.434. The average Bonchev–Trinajstić information content (AvgIpc) is 2.71. The highest BCUT2D eigenvalue weighted by molar-refractivity contribution is 6.56. The van der Waals surface area contributed by atoms with Crippen LogP contribution in [0.15, 0.2) is 0 Å². The van der Waals surface area contributed by atoms with Crippen LogP contribution >= 0.6 is 0 Å². The Labute approximate surface area is 103 Å². The third-order valence-corrected chi connectivity index (χ3v) is 8.59. The van der Waals surface area contributed by atoms with E-state index in [1.807, 2.05) is 0 Å². The molecule has 1 nitrogen and oxygen atoms in total. The average molecular weight is 239 g/mol. The van der Waals surface area contributed by atoms with Gasteiger partial charge in [0.2, 0.25) is 0 Å². The van der Waals surface area contributed by atoms with Gasteiger partial charge >= 0.3 is 0 Å². The smallest absolute Gasteiger partial charge is 0.112 e. The Balaban J connectivity index is 2.06. The van der Waals surface area contributed by atoms with Gasteiger partial charge in [-0.2, -0.15) is 0 Å². The number of rotatable bonds is 2. The molecule has 2 aliphatic rings. The lowest BCUT2D eigenvalue weighted by molar-refractivity contribution is 0.150. The first-order chi connectivity index (χ1) is 7.59. The number of nitrogens with zero attached hydrogens (tertiary/aromatic N) is 1. The first kappa shape index (κ1) is 12.6. The standard InChI is InChI=1S/C14H29NSi/c1-14(2,3)15(16-11-7-8-12-16)13-9-5-4-6-10-13/h13,16H,4-12H2,1-3H3. The molecule has 0 radical (unpaired) electrons. The summed E-state index contributed by atoms with van der Waals surface area (Å²) in [6, 6.07) is 4.13. The molecule has 0 aromatic carbocycles. The summed E-state index contributed by atoms with van der Waals surface area (Å²) in [4.78, 5) is 0. The van der Waals surface area contributed by atoms with Crippen molar-refractivity contribution >= 4 is 8.96 Å². The normalized spacial score (nSPS) is 25.5. The van der Waals surface area contributed by atoms with Crippen LogP contribution in [0.2, 0.25) is 12.1 Å². The maximum Gasteiger partial charge on any atom is 0.112 e. The Morgan fingerprint density at radius 2 is 1.44 bits per heavy atom. The van der Waals surface area contributed by atoms with Crippen molar-refractivity contribution in [2.24, 2.45) is 0 Å². The topological polar surface area (TPSA) is 3.24 Å². The Morgan fingerprint density at radius 1 is 0.875 bits per heavy atom. The highest BCUT2D eigenvalue weighted by Crippen LogP contribution is 2.34. The molecule has 0 unspecified atom stereocenters. The zero-order valence-electron chi connectivity index (χ0n) is 11.5. The summed E-state index contributed by atoms with van der Waals surface area (Å²) >= 11 is 0. The number of hydrogen-bond donors (Lipinski definition) is 0. The van der Waals surface area contributed by atoms with Crippen LogP contribution in [0.1, 0.15) is 65.7 Å². The van der Waals surface area contributed by atoms with Crippen LogP contribution in [0.4, 0.5) is 0 Å². The molecule has 2 rings (SSSR count). The van der Waals surface area contributed by atoms with Crippen molar-refractivity contribution in [3.05, 3.63) is 0 Å². The van der Waals surface area contributed by atoms with Crippen LogP contribution in [0, 0.1) is 0 Å². The van der Waals surface area contributed by atoms with Crippen LogP contribution in [-0.4, -0.2) is 25.1 Å². The highest BCUT2D eigenvalue weighted by Gasteiger charge is 2.37. The molecule has 0 N–H and O–H groups in total. The van der Waals surface area contributed by atoms with Crippen molar-refractivity contribution in [2.75, 3.05) is 0 Å². The molecule has 0 aromatic heterocycles. The Hall–Kier alpha value is 0.177. The molecular formula is C14H29NSi. The van der Waals surface area contributed by atoms with Gasteiger partial charge in [-0.15, -0.1) is 0 Å². The van der Waals surface area contributed by atoms with E-state index in [4.69, 9.17) is 0 Å². The predicted octanol–water partition coefficient (Wildman–Crippen LogP) is 3.94. The molecule has 0 atom stereocenters. The molecule has 1 saturated carbocycles. The maximum atomic E-state index is 3.03. The van der Waals surface area contributed by atoms with Crippen molar-refractivity contribution in [1.82, 2.24) is 4.57 Å². The molecule has 0 amide bonds. The minimum atomic E-state index is -0.561. The van der Waals surface area contributed by atoms with E-state index >= 15 is 0 Å². The first-order valence-corrected chi connectivity index (χ1v) is 9.52. The summed E-state index contributed by atoms with van der Waals surface area (Å²) in [5.74, 6) is 0. The monoisotopic (exact) mass is 239 g/mol. The fourth-order valence-electron chi connectivity index (χ4n) is 3.94. The Bertz CT molecular complexity index is 209. The van der Waals surface area contributed by atoms with Crippen molar-refractivity contribution < 1.29 is 0 Å². The molecule has 1 aliphatic carbocycles. The maximum absolute atomic E-state index is 3.03. The molecule has 2 heteroatoms. The summed E-state index contributed by atoms with van der Waals surface area (Å²) in [6.45, 7) is 7.35. The molecule has 0 bridgehead atoms. The van der Waals surface area contributed by atoms with E-state index in [1.165, 1.54) is 44.9 Å². The van der Waals surface area contributed by atoms with Crippen molar-refractivity contribution in [2.45, 2.75) is 89.4 Å². The fourth-order valence-corrected chi connectivity index (χ4v) is 8.29. The molecule has 1 saturated heterocycles. The Kier molecular flexibility index (Phi) is 4.12. The molecule has 2 fully saturated rings. The van der Waals surface area contributed by atoms with E-state index in [9.17, 15) is 0 Å². The molecule has 1 aliphatic heterocycles. The predicted molar refractivity (Wildman–Crippen MR) is 74.5 cm³/mol. The van der Waals surface area contributed by atoms with Crippen LogP contribution in [0.25, 0.3) is 0 Å². The molecule has 1 heterocycles. The zero-order chi connectivity index (χ0) is 11.6. The molecule has 0 aromatic rings. The second-order valence-electron chi connectivity index (χ2n) is 6.81. The second kappa shape index (κ2) is 5.22. The fraction of sp³-hybridized carbons (Fsp3) is 1.00. The van der Waals surface area contributed by atoms with Gasteiger partial charge < -0.3 is 4.57 Å². The summed E-state index contributed by atoms with van der Waals surface area (Å²) in [6.07, 6.45) is 10.5. The quantitative estimate of drug-likeness (QED) is 0.660. The van der Waals surface area contributed by atoms with Crippen LogP contribution in [0.5, 0.6) is 0 Å².